The van der Waals surface area contributed by atoms with Gasteiger partial charge >= 0.3 is 0 Å². The number of likely N-dealkylation sites (tertiary alicyclic amines) is 1. The Morgan fingerprint density at radius 1 is 1.09 bits per heavy atom. The number of fused-ring (bicyclic) bond motifs is 1. The Morgan fingerprint density at radius 3 is 2.27 bits per heavy atom. The second-order valence-corrected chi connectivity index (χ2v) is 9.06. The molecule has 1 aliphatic heterocycles. The molecule has 1 heterocycles. The number of unbranched alkanes of at least 4 members (excludes halogenated alkanes) is 1. The first-order valence-corrected chi connectivity index (χ1v) is 12.0. The molecule has 0 radical (unpaired) electrons. The predicted molar refractivity (Wildman–Crippen MR) is 126 cm³/mol. The quantitative estimate of drug-likeness (QED) is 0.335. The summed E-state index contributed by atoms with van der Waals surface area (Å²) in [5, 5.41) is 2.90. The van der Waals surface area contributed by atoms with E-state index in [1.54, 1.807) is 11.8 Å². The number of carbonyl (C=O) groups is 4. The highest BCUT2D eigenvalue weighted by atomic mass is 16.2. The van der Waals surface area contributed by atoms with Gasteiger partial charge in [0.1, 0.15) is 6.04 Å². The van der Waals surface area contributed by atoms with Gasteiger partial charge in [-0.15, -0.1) is 0 Å². The number of allylic oxidation sites excluding steroid dienone is 2. The SMILES string of the molecule is CCCCNC(=O)[C@@H](C)N(Cc1ccc(C)cc1)C(=O)CCN1C(=O)[C@H]2CC=CC[C@H]2C1=O. The van der Waals surface area contributed by atoms with Crippen LogP contribution in [0.3, 0.4) is 0 Å². The van der Waals surface area contributed by atoms with Crippen molar-refractivity contribution in [1.29, 1.82) is 0 Å². The molecule has 0 aromatic heterocycles. The number of hydrogen-bond acceptors (Lipinski definition) is 4. The van der Waals surface area contributed by atoms with Crippen LogP contribution >= 0.6 is 0 Å². The number of benzene rings is 1. The molecule has 1 saturated heterocycles. The average molecular weight is 454 g/mol. The van der Waals surface area contributed by atoms with Crippen LogP contribution in [0, 0.1) is 18.8 Å². The van der Waals surface area contributed by atoms with Gasteiger partial charge < -0.3 is 10.2 Å². The average Bonchev–Trinajstić information content (AvgIpc) is 3.06. The summed E-state index contributed by atoms with van der Waals surface area (Å²) in [4.78, 5) is 54.2. The monoisotopic (exact) mass is 453 g/mol. The Balaban J connectivity index is 1.68. The maximum absolute atomic E-state index is 13.3. The molecule has 4 amide bonds. The molecule has 7 heteroatoms. The number of imide groups is 1. The third-order valence-corrected chi connectivity index (χ3v) is 6.62. The standard InChI is InChI=1S/C26H35N3O4/c1-4-5-15-27-24(31)19(3)29(17-20-12-10-18(2)11-13-20)23(30)14-16-28-25(32)21-8-6-7-9-22(21)26(28)33/h6-7,10-13,19,21-22H,4-5,8-9,14-17H2,1-3H3,(H,27,31)/t19-,21-,22+/m1/s1. The highest BCUT2D eigenvalue weighted by Crippen LogP contribution is 2.35. The molecule has 1 aromatic carbocycles. The van der Waals surface area contributed by atoms with E-state index in [0.717, 1.165) is 24.0 Å². The van der Waals surface area contributed by atoms with E-state index in [1.165, 1.54) is 4.90 Å². The van der Waals surface area contributed by atoms with Crippen molar-refractivity contribution >= 4 is 23.6 Å². The number of hydrogen-bond donors (Lipinski definition) is 1. The van der Waals surface area contributed by atoms with Crippen LogP contribution in [-0.4, -0.2) is 52.6 Å². The zero-order valence-electron chi connectivity index (χ0n) is 19.9. The van der Waals surface area contributed by atoms with Gasteiger partial charge in [-0.2, -0.15) is 0 Å². The van der Waals surface area contributed by atoms with Crippen molar-refractivity contribution in [3.63, 3.8) is 0 Å². The van der Waals surface area contributed by atoms with Gasteiger partial charge in [0, 0.05) is 26.1 Å². The van der Waals surface area contributed by atoms with Crippen LogP contribution in [0.1, 0.15) is 57.1 Å². The lowest BCUT2D eigenvalue weighted by Crippen LogP contribution is -2.48. The van der Waals surface area contributed by atoms with Crippen molar-refractivity contribution in [3.05, 3.63) is 47.5 Å². The van der Waals surface area contributed by atoms with E-state index < -0.39 is 6.04 Å². The van der Waals surface area contributed by atoms with Crippen LogP contribution in [-0.2, 0) is 25.7 Å². The molecule has 0 unspecified atom stereocenters. The summed E-state index contributed by atoms with van der Waals surface area (Å²) in [6.45, 7) is 6.68. The molecule has 1 fully saturated rings. The molecule has 0 spiro atoms. The zero-order valence-corrected chi connectivity index (χ0v) is 19.9. The van der Waals surface area contributed by atoms with Crippen molar-refractivity contribution in [2.75, 3.05) is 13.1 Å². The van der Waals surface area contributed by atoms with E-state index >= 15 is 0 Å². The third-order valence-electron chi connectivity index (χ3n) is 6.62. The Hall–Kier alpha value is -2.96. The molecule has 1 aliphatic carbocycles. The van der Waals surface area contributed by atoms with Crippen LogP contribution in [0.4, 0.5) is 0 Å². The van der Waals surface area contributed by atoms with Crippen molar-refractivity contribution in [1.82, 2.24) is 15.1 Å². The lowest BCUT2D eigenvalue weighted by Gasteiger charge is -2.29. The molecule has 3 rings (SSSR count). The summed E-state index contributed by atoms with van der Waals surface area (Å²) in [6, 6.07) is 7.18. The molecular weight excluding hydrogens is 418 g/mol. The van der Waals surface area contributed by atoms with Gasteiger partial charge in [-0.05, 0) is 38.7 Å². The normalized spacial score (nSPS) is 20.5. The van der Waals surface area contributed by atoms with E-state index in [-0.39, 0.29) is 48.4 Å². The first kappa shape index (κ1) is 24.7. The van der Waals surface area contributed by atoms with Crippen LogP contribution in [0.5, 0.6) is 0 Å². The zero-order chi connectivity index (χ0) is 24.0. The largest absolute Gasteiger partial charge is 0.354 e. The molecule has 178 valence electrons. The molecule has 7 nitrogen and oxygen atoms in total. The van der Waals surface area contributed by atoms with Gasteiger partial charge in [0.2, 0.25) is 23.6 Å². The van der Waals surface area contributed by atoms with Crippen LogP contribution in [0.2, 0.25) is 0 Å². The van der Waals surface area contributed by atoms with Crippen LogP contribution < -0.4 is 5.32 Å². The number of aryl methyl sites for hydroxylation is 1. The highest BCUT2D eigenvalue weighted by molar-refractivity contribution is 6.05. The molecule has 3 atom stereocenters. The lowest BCUT2D eigenvalue weighted by atomic mass is 9.85. The second kappa shape index (κ2) is 11.3. The Kier molecular flexibility index (Phi) is 8.42. The predicted octanol–water partition coefficient (Wildman–Crippen LogP) is 2.97. The third kappa shape index (κ3) is 5.89. The number of nitrogens with zero attached hydrogens (tertiary/aromatic N) is 2. The van der Waals surface area contributed by atoms with Gasteiger partial charge in [0.05, 0.1) is 11.8 Å². The van der Waals surface area contributed by atoms with Crippen molar-refractivity contribution in [2.24, 2.45) is 11.8 Å². The fourth-order valence-corrected chi connectivity index (χ4v) is 4.45. The summed E-state index contributed by atoms with van der Waals surface area (Å²) < 4.78 is 0. The number of nitrogens with one attached hydrogen (secondary N) is 1. The van der Waals surface area contributed by atoms with E-state index in [1.807, 2.05) is 43.3 Å². The van der Waals surface area contributed by atoms with Crippen LogP contribution in [0.25, 0.3) is 0 Å². The maximum Gasteiger partial charge on any atom is 0.242 e. The summed E-state index contributed by atoms with van der Waals surface area (Å²) >= 11 is 0. The van der Waals surface area contributed by atoms with Gasteiger partial charge in [-0.25, -0.2) is 0 Å². The molecule has 2 aliphatic rings. The number of rotatable bonds is 10. The van der Waals surface area contributed by atoms with Gasteiger partial charge in [-0.1, -0.05) is 55.3 Å². The molecule has 1 aromatic rings. The minimum atomic E-state index is -0.660. The molecule has 0 saturated carbocycles. The van der Waals surface area contributed by atoms with E-state index in [9.17, 15) is 19.2 Å². The van der Waals surface area contributed by atoms with Gasteiger partial charge in [0.25, 0.3) is 0 Å². The van der Waals surface area contributed by atoms with Crippen molar-refractivity contribution in [2.45, 2.75) is 65.5 Å². The topological polar surface area (TPSA) is 86.8 Å². The fraction of sp³-hybridized carbons (Fsp3) is 0.538. The fourth-order valence-electron chi connectivity index (χ4n) is 4.45. The lowest BCUT2D eigenvalue weighted by molar-refractivity contribution is -0.143. The minimum absolute atomic E-state index is 0.00277. The van der Waals surface area contributed by atoms with E-state index in [2.05, 4.69) is 12.2 Å². The van der Waals surface area contributed by atoms with E-state index in [4.69, 9.17) is 0 Å². The van der Waals surface area contributed by atoms with Crippen molar-refractivity contribution < 1.29 is 19.2 Å². The van der Waals surface area contributed by atoms with Crippen molar-refractivity contribution in [3.8, 4) is 0 Å². The first-order chi connectivity index (χ1) is 15.8. The summed E-state index contributed by atoms with van der Waals surface area (Å²) in [7, 11) is 0. The van der Waals surface area contributed by atoms with E-state index in [0.29, 0.717) is 25.9 Å². The number of carbonyl (C=O) groups excluding carboxylic acids is 4. The Bertz CT molecular complexity index is 883. The molecule has 1 N–H and O–H groups in total. The smallest absolute Gasteiger partial charge is 0.242 e. The minimum Gasteiger partial charge on any atom is -0.354 e. The summed E-state index contributed by atoms with van der Waals surface area (Å²) in [5.74, 6) is -1.42. The Labute approximate surface area is 196 Å². The molecule has 33 heavy (non-hydrogen) atoms. The number of amides is 4. The first-order valence-electron chi connectivity index (χ1n) is 12.0. The Morgan fingerprint density at radius 2 is 1.70 bits per heavy atom. The van der Waals surface area contributed by atoms with Gasteiger partial charge in [-0.3, -0.25) is 24.1 Å². The van der Waals surface area contributed by atoms with Crippen LogP contribution in [0.15, 0.2) is 36.4 Å². The second-order valence-electron chi connectivity index (χ2n) is 9.06. The maximum atomic E-state index is 13.3. The summed E-state index contributed by atoms with van der Waals surface area (Å²) in [5.41, 5.74) is 2.04. The molecular formula is C26H35N3O4. The molecule has 0 bridgehead atoms. The summed E-state index contributed by atoms with van der Waals surface area (Å²) in [6.07, 6.45) is 6.90. The van der Waals surface area contributed by atoms with Gasteiger partial charge in [0.15, 0.2) is 0 Å². The highest BCUT2D eigenvalue weighted by Gasteiger charge is 2.47.